The summed E-state index contributed by atoms with van der Waals surface area (Å²) in [4.78, 5) is 26.1. The van der Waals surface area contributed by atoms with Crippen LogP contribution < -0.4 is 14.8 Å². The molecule has 38 heavy (non-hydrogen) atoms. The molecule has 190 valence electrons. The zero-order valence-corrected chi connectivity index (χ0v) is 22.0. The highest BCUT2D eigenvalue weighted by atomic mass is 35.5. The summed E-state index contributed by atoms with van der Waals surface area (Å²) in [5.74, 6) is 0.145. The van der Waals surface area contributed by atoms with E-state index in [0.29, 0.717) is 17.2 Å². The smallest absolute Gasteiger partial charge is 0.345 e. The summed E-state index contributed by atoms with van der Waals surface area (Å²) in [6.07, 6.45) is 2.19. The van der Waals surface area contributed by atoms with Gasteiger partial charge >= 0.3 is 5.97 Å². The van der Waals surface area contributed by atoms with Crippen molar-refractivity contribution in [1.29, 1.82) is 0 Å². The van der Waals surface area contributed by atoms with Crippen molar-refractivity contribution >= 4 is 57.0 Å². The lowest BCUT2D eigenvalue weighted by Gasteiger charge is -2.35. The van der Waals surface area contributed by atoms with Gasteiger partial charge in [-0.25, -0.2) is 4.79 Å². The van der Waals surface area contributed by atoms with Crippen LogP contribution in [0.25, 0.3) is 16.3 Å². The maximum Gasteiger partial charge on any atom is 0.345 e. The topological polar surface area (TPSA) is 64.6 Å². The number of carbonyl (C=O) groups excluding carboxylic acids is 2. The number of fused-ring (bicyclic) bond motifs is 4. The van der Waals surface area contributed by atoms with Crippen molar-refractivity contribution < 1.29 is 19.1 Å². The van der Waals surface area contributed by atoms with Gasteiger partial charge in [-0.3, -0.25) is 4.79 Å². The van der Waals surface area contributed by atoms with Gasteiger partial charge in [0.15, 0.2) is 17.3 Å². The van der Waals surface area contributed by atoms with E-state index < -0.39 is 5.97 Å². The number of benzene rings is 4. The Labute approximate surface area is 230 Å². The molecule has 0 amide bonds. The quantitative estimate of drug-likeness (QED) is 0.208. The first kappa shape index (κ1) is 24.5. The average molecular weight is 544 g/mol. The van der Waals surface area contributed by atoms with Gasteiger partial charge in [0.1, 0.15) is 0 Å². The Bertz CT molecular complexity index is 1660. The normalized spacial score (nSPS) is 16.5. The summed E-state index contributed by atoms with van der Waals surface area (Å²) in [5, 5.41) is 6.52. The number of halogens is 2. The predicted octanol–water partition coefficient (Wildman–Crippen LogP) is 8.05. The molecule has 4 aromatic rings. The van der Waals surface area contributed by atoms with Crippen molar-refractivity contribution in [3.05, 3.63) is 105 Å². The van der Waals surface area contributed by atoms with E-state index in [4.69, 9.17) is 32.7 Å². The molecule has 0 radical (unpaired) electrons. The number of carbonyl (C=O) groups is 2. The summed E-state index contributed by atoms with van der Waals surface area (Å²) < 4.78 is 11.2. The van der Waals surface area contributed by atoms with Gasteiger partial charge in [0.2, 0.25) is 0 Å². The summed E-state index contributed by atoms with van der Waals surface area (Å²) >= 11 is 12.1. The third-order valence-electron chi connectivity index (χ3n) is 7.15. The Morgan fingerprint density at radius 2 is 1.79 bits per heavy atom. The van der Waals surface area contributed by atoms with Gasteiger partial charge in [-0.05, 0) is 71.1 Å². The maximum atomic E-state index is 13.3. The molecule has 5 nitrogen and oxygen atoms in total. The largest absolute Gasteiger partial charge is 0.493 e. The second-order valence-corrected chi connectivity index (χ2v) is 10.2. The number of anilines is 1. The summed E-state index contributed by atoms with van der Waals surface area (Å²) in [6, 6.07) is 22.0. The zero-order chi connectivity index (χ0) is 26.4. The molecule has 0 spiro atoms. The minimum Gasteiger partial charge on any atom is -0.493 e. The van der Waals surface area contributed by atoms with E-state index in [1.807, 2.05) is 24.3 Å². The first-order chi connectivity index (χ1) is 18.4. The van der Waals surface area contributed by atoms with Crippen molar-refractivity contribution in [2.45, 2.75) is 25.3 Å². The highest BCUT2D eigenvalue weighted by molar-refractivity contribution is 6.36. The molecular weight excluding hydrogens is 521 g/mol. The number of allylic oxidation sites excluding steroid dienone is 1. The third kappa shape index (κ3) is 4.22. The van der Waals surface area contributed by atoms with Gasteiger partial charge in [0.25, 0.3) is 0 Å². The fraction of sp³-hybridized carbons (Fsp3) is 0.161. The van der Waals surface area contributed by atoms with E-state index in [1.54, 1.807) is 12.1 Å². The van der Waals surface area contributed by atoms with Crippen LogP contribution in [-0.2, 0) is 4.79 Å². The number of methoxy groups -OCH3 is 1. The lowest BCUT2D eigenvalue weighted by atomic mass is 9.77. The minimum absolute atomic E-state index is 0.147. The van der Waals surface area contributed by atoms with Gasteiger partial charge in [0, 0.05) is 28.3 Å². The fourth-order valence-corrected chi connectivity index (χ4v) is 5.90. The molecule has 1 aliphatic carbocycles. The van der Waals surface area contributed by atoms with Crippen molar-refractivity contribution in [2.75, 3.05) is 12.4 Å². The highest BCUT2D eigenvalue weighted by Crippen LogP contribution is 2.48. The molecule has 1 aliphatic heterocycles. The Kier molecular flexibility index (Phi) is 6.34. The van der Waals surface area contributed by atoms with E-state index in [0.717, 1.165) is 51.6 Å². The van der Waals surface area contributed by atoms with Gasteiger partial charge in [-0.1, -0.05) is 59.6 Å². The number of nitrogens with one attached hydrogen (secondary N) is 1. The fourth-order valence-electron chi connectivity index (χ4n) is 5.41. The highest BCUT2D eigenvalue weighted by Gasteiger charge is 2.35. The molecule has 1 N–H and O–H groups in total. The Hall–Kier alpha value is -3.80. The monoisotopic (exact) mass is 543 g/mol. The van der Waals surface area contributed by atoms with Crippen molar-refractivity contribution in [3.63, 3.8) is 0 Å². The lowest BCUT2D eigenvalue weighted by molar-refractivity contribution is -0.116. The van der Waals surface area contributed by atoms with Crippen molar-refractivity contribution in [2.24, 2.45) is 0 Å². The molecule has 7 heteroatoms. The summed E-state index contributed by atoms with van der Waals surface area (Å²) in [5.41, 5.74) is 5.03. The molecule has 0 bridgehead atoms. The molecule has 4 aromatic carbocycles. The average Bonchev–Trinajstić information content (AvgIpc) is 2.92. The number of hydrogen-bond acceptors (Lipinski definition) is 5. The number of ketones is 1. The summed E-state index contributed by atoms with van der Waals surface area (Å²) in [7, 11) is 1.51. The van der Waals surface area contributed by atoms with Crippen LogP contribution in [0.5, 0.6) is 11.5 Å². The Morgan fingerprint density at radius 1 is 0.947 bits per heavy atom. The first-order valence-electron chi connectivity index (χ1n) is 12.3. The van der Waals surface area contributed by atoms with Gasteiger partial charge < -0.3 is 14.8 Å². The van der Waals surface area contributed by atoms with Crippen molar-refractivity contribution in [3.8, 4) is 11.5 Å². The Balaban J connectivity index is 1.39. The zero-order valence-electron chi connectivity index (χ0n) is 20.5. The molecule has 0 aromatic heterocycles. The van der Waals surface area contributed by atoms with Gasteiger partial charge in [-0.15, -0.1) is 0 Å². The van der Waals surface area contributed by atoms with E-state index in [9.17, 15) is 9.59 Å². The van der Waals surface area contributed by atoms with Crippen LogP contribution in [0.15, 0.2) is 78.4 Å². The van der Waals surface area contributed by atoms with Crippen LogP contribution in [0.1, 0.15) is 46.8 Å². The molecule has 0 saturated heterocycles. The molecule has 1 heterocycles. The SMILES string of the molecule is COc1cc(C2Nc3ccc4ccccc4c3C3=C2C(=O)CCC3)ccc1OC(=O)c1ccc(Cl)cc1Cl. The second-order valence-electron chi connectivity index (χ2n) is 9.38. The predicted molar refractivity (Wildman–Crippen MR) is 151 cm³/mol. The molecule has 0 saturated carbocycles. The number of esters is 1. The van der Waals surface area contributed by atoms with Crippen LogP contribution in [0, 0.1) is 0 Å². The molecule has 2 aliphatic rings. The summed E-state index contributed by atoms with van der Waals surface area (Å²) in [6.45, 7) is 0. The van der Waals surface area contributed by atoms with E-state index >= 15 is 0 Å². The number of ether oxygens (including phenoxy) is 2. The molecule has 6 rings (SSSR count). The van der Waals surface area contributed by atoms with Crippen LogP contribution >= 0.6 is 23.2 Å². The van der Waals surface area contributed by atoms with Gasteiger partial charge in [0.05, 0.1) is 23.7 Å². The molecular formula is C31H23Cl2NO4. The van der Waals surface area contributed by atoms with E-state index in [-0.39, 0.29) is 28.2 Å². The first-order valence-corrected chi connectivity index (χ1v) is 13.1. The van der Waals surface area contributed by atoms with Crippen LogP contribution in [-0.4, -0.2) is 18.9 Å². The van der Waals surface area contributed by atoms with Crippen LogP contribution in [0.2, 0.25) is 10.0 Å². The molecule has 0 fully saturated rings. The van der Waals surface area contributed by atoms with Crippen LogP contribution in [0.4, 0.5) is 5.69 Å². The minimum atomic E-state index is -0.623. The lowest BCUT2D eigenvalue weighted by Crippen LogP contribution is -2.27. The maximum absolute atomic E-state index is 13.3. The van der Waals surface area contributed by atoms with E-state index in [1.165, 1.54) is 19.2 Å². The molecule has 1 atom stereocenters. The number of Topliss-reactive ketones (excluding diaryl/α,β-unsaturated/α-hetero) is 1. The third-order valence-corrected chi connectivity index (χ3v) is 7.70. The van der Waals surface area contributed by atoms with Crippen molar-refractivity contribution in [1.82, 2.24) is 0 Å². The van der Waals surface area contributed by atoms with E-state index in [2.05, 4.69) is 29.6 Å². The second kappa shape index (κ2) is 9.82. The Morgan fingerprint density at radius 3 is 2.61 bits per heavy atom. The van der Waals surface area contributed by atoms with Crippen LogP contribution in [0.3, 0.4) is 0 Å². The number of rotatable bonds is 4. The number of hydrogen-bond donors (Lipinski definition) is 1. The molecule has 1 unspecified atom stereocenters. The standard InChI is InChI=1S/C31H23Cl2NO4/c1-37-27-15-18(10-14-26(27)38-31(36)21-12-11-19(32)16-23(21)33)30-29-22(7-4-8-25(29)35)28-20-6-3-2-5-17(20)9-13-24(28)34-30/h2-3,5-6,9-16,30,34H,4,7-8H2,1H3. The van der Waals surface area contributed by atoms with Gasteiger partial charge in [-0.2, -0.15) is 0 Å².